The number of hydrogen-bond donors (Lipinski definition) is 0. The maximum absolute atomic E-state index is 6.36. The summed E-state index contributed by atoms with van der Waals surface area (Å²) in [6.45, 7) is 4.59. The highest BCUT2D eigenvalue weighted by Crippen LogP contribution is 2.50. The maximum Gasteiger partial charge on any atom is 0.164 e. The van der Waals surface area contributed by atoms with Crippen molar-refractivity contribution in [2.45, 2.75) is 19.3 Å². The van der Waals surface area contributed by atoms with E-state index in [1.807, 2.05) is 54.6 Å². The average Bonchev–Trinajstić information content (AvgIpc) is 3.31. The lowest BCUT2D eigenvalue weighted by molar-refractivity contribution is 0.487. The molecule has 1 aliphatic heterocycles. The van der Waals surface area contributed by atoms with Gasteiger partial charge in [0.15, 0.2) is 17.5 Å². The minimum absolute atomic E-state index is 0.0589. The van der Waals surface area contributed by atoms with E-state index >= 15 is 0 Å². The molecule has 0 radical (unpaired) electrons. The predicted octanol–water partition coefficient (Wildman–Crippen LogP) is 10.1. The van der Waals surface area contributed by atoms with Gasteiger partial charge in [-0.25, -0.2) is 15.0 Å². The fraction of sp³-hybridized carbons (Fsp3) is 0.0750. The van der Waals surface area contributed by atoms with E-state index in [-0.39, 0.29) is 5.41 Å². The first-order valence-electron chi connectivity index (χ1n) is 15.0. The van der Waals surface area contributed by atoms with E-state index in [0.717, 1.165) is 50.1 Å². The van der Waals surface area contributed by atoms with Crippen molar-refractivity contribution in [1.82, 2.24) is 15.0 Å². The van der Waals surface area contributed by atoms with E-state index in [0.29, 0.717) is 17.5 Å². The summed E-state index contributed by atoms with van der Waals surface area (Å²) in [5.74, 6) is 3.64. The van der Waals surface area contributed by atoms with E-state index in [1.54, 1.807) is 0 Å². The van der Waals surface area contributed by atoms with Gasteiger partial charge >= 0.3 is 0 Å². The fourth-order valence-electron chi connectivity index (χ4n) is 6.91. The van der Waals surface area contributed by atoms with Gasteiger partial charge in [0, 0.05) is 33.1 Å². The molecular weight excluding hydrogens is 538 g/mol. The van der Waals surface area contributed by atoms with Crippen molar-refractivity contribution < 1.29 is 4.74 Å². The van der Waals surface area contributed by atoms with E-state index < -0.39 is 0 Å². The Bertz CT molecular complexity index is 2280. The summed E-state index contributed by atoms with van der Waals surface area (Å²) in [5.41, 5.74) is 10.1. The Morgan fingerprint density at radius 2 is 1.07 bits per heavy atom. The van der Waals surface area contributed by atoms with Crippen molar-refractivity contribution in [1.29, 1.82) is 0 Å². The Morgan fingerprint density at radius 1 is 0.455 bits per heavy atom. The number of rotatable bonds is 3. The van der Waals surface area contributed by atoms with Crippen LogP contribution in [-0.4, -0.2) is 15.0 Å². The molecule has 1 aliphatic carbocycles. The molecule has 0 fully saturated rings. The van der Waals surface area contributed by atoms with Gasteiger partial charge in [-0.3, -0.25) is 0 Å². The second-order valence-electron chi connectivity index (χ2n) is 12.1. The first-order valence-corrected chi connectivity index (χ1v) is 15.0. The Kier molecular flexibility index (Phi) is 5.21. The smallest absolute Gasteiger partial charge is 0.164 e. The molecule has 0 atom stereocenters. The number of ether oxygens (including phenoxy) is 1. The van der Waals surface area contributed by atoms with Crippen LogP contribution in [0.1, 0.15) is 25.0 Å². The molecule has 7 aromatic rings. The van der Waals surface area contributed by atoms with Crippen LogP contribution < -0.4 is 4.74 Å². The van der Waals surface area contributed by atoms with Crippen molar-refractivity contribution in [3.8, 4) is 67.9 Å². The summed E-state index contributed by atoms with van der Waals surface area (Å²) in [5, 5.41) is 2.29. The normalized spacial score (nSPS) is 13.6. The van der Waals surface area contributed by atoms with Gasteiger partial charge in [0.2, 0.25) is 0 Å². The van der Waals surface area contributed by atoms with Crippen LogP contribution in [0.4, 0.5) is 0 Å². The molecule has 0 saturated carbocycles. The third kappa shape index (κ3) is 3.67. The average molecular weight is 566 g/mol. The number of fused-ring (bicyclic) bond motifs is 5. The summed E-state index contributed by atoms with van der Waals surface area (Å²) >= 11 is 0. The maximum atomic E-state index is 6.36. The van der Waals surface area contributed by atoms with Gasteiger partial charge in [0.05, 0.1) is 0 Å². The lowest BCUT2D eigenvalue weighted by Gasteiger charge is -2.22. The standard InChI is InChI=1S/C40H27N3O/c1-40(2)32-16-7-6-14-28(32)30-22-26(18-20-33(30)40)38-41-37(25-10-4-3-5-11-25)42-39(43-38)27-19-21-34-31(23-27)29-15-8-12-24-13-9-17-35(44-34)36(24)29/h3-23H,1-2H3. The quantitative estimate of drug-likeness (QED) is 0.214. The van der Waals surface area contributed by atoms with Crippen molar-refractivity contribution in [3.05, 3.63) is 139 Å². The SMILES string of the molecule is CC1(C)c2ccccc2-c2cc(-c3nc(-c4ccccc4)nc(-c4ccc5c(c4)-c4cccc6cccc(c46)O5)n3)ccc21. The summed E-state index contributed by atoms with van der Waals surface area (Å²) in [7, 11) is 0. The molecule has 9 rings (SSSR count). The summed E-state index contributed by atoms with van der Waals surface area (Å²) in [4.78, 5) is 15.1. The second-order valence-corrected chi connectivity index (χ2v) is 12.1. The molecule has 0 bridgehead atoms. The highest BCUT2D eigenvalue weighted by atomic mass is 16.5. The van der Waals surface area contributed by atoms with Crippen molar-refractivity contribution in [2.75, 3.05) is 0 Å². The molecule has 1 aromatic heterocycles. The molecule has 4 heteroatoms. The Labute approximate surface area is 255 Å². The van der Waals surface area contributed by atoms with Gasteiger partial charge in [-0.05, 0) is 63.5 Å². The van der Waals surface area contributed by atoms with Gasteiger partial charge in [-0.15, -0.1) is 0 Å². The van der Waals surface area contributed by atoms with Crippen molar-refractivity contribution in [2.24, 2.45) is 0 Å². The molecule has 0 saturated heterocycles. The Morgan fingerprint density at radius 3 is 1.86 bits per heavy atom. The van der Waals surface area contributed by atoms with Crippen LogP contribution in [0.3, 0.4) is 0 Å². The van der Waals surface area contributed by atoms with E-state index in [4.69, 9.17) is 19.7 Å². The highest BCUT2D eigenvalue weighted by Gasteiger charge is 2.35. The minimum Gasteiger partial charge on any atom is -0.456 e. The summed E-state index contributed by atoms with van der Waals surface area (Å²) in [6, 6.07) is 44.3. The van der Waals surface area contributed by atoms with E-state index in [1.165, 1.54) is 22.3 Å². The van der Waals surface area contributed by atoms with Crippen molar-refractivity contribution in [3.63, 3.8) is 0 Å². The fourth-order valence-corrected chi connectivity index (χ4v) is 6.91. The Hall–Kier alpha value is -5.61. The van der Waals surface area contributed by atoms with Gasteiger partial charge in [-0.2, -0.15) is 0 Å². The zero-order valence-corrected chi connectivity index (χ0v) is 24.4. The van der Waals surface area contributed by atoms with Crippen LogP contribution in [0.15, 0.2) is 127 Å². The first-order chi connectivity index (χ1) is 21.5. The predicted molar refractivity (Wildman–Crippen MR) is 177 cm³/mol. The van der Waals surface area contributed by atoms with E-state index in [2.05, 4.69) is 86.6 Å². The topological polar surface area (TPSA) is 47.9 Å². The summed E-state index contributed by atoms with van der Waals surface area (Å²) in [6.07, 6.45) is 0. The molecule has 2 aliphatic rings. The minimum atomic E-state index is -0.0589. The van der Waals surface area contributed by atoms with Crippen LogP contribution in [0.5, 0.6) is 11.5 Å². The van der Waals surface area contributed by atoms with Gasteiger partial charge < -0.3 is 4.74 Å². The molecule has 2 heterocycles. The monoisotopic (exact) mass is 565 g/mol. The number of hydrogen-bond acceptors (Lipinski definition) is 4. The Balaban J connectivity index is 1.23. The lowest BCUT2D eigenvalue weighted by atomic mass is 9.82. The largest absolute Gasteiger partial charge is 0.456 e. The van der Waals surface area contributed by atoms with Gasteiger partial charge in [0.1, 0.15) is 11.5 Å². The van der Waals surface area contributed by atoms with Crippen LogP contribution >= 0.6 is 0 Å². The van der Waals surface area contributed by atoms with Crippen LogP contribution in [0.25, 0.3) is 67.2 Å². The molecular formula is C40H27N3O. The van der Waals surface area contributed by atoms with Gasteiger partial charge in [-0.1, -0.05) is 111 Å². The highest BCUT2D eigenvalue weighted by molar-refractivity contribution is 6.04. The molecule has 44 heavy (non-hydrogen) atoms. The molecule has 6 aromatic carbocycles. The van der Waals surface area contributed by atoms with Crippen LogP contribution in [0, 0.1) is 0 Å². The third-order valence-corrected chi connectivity index (χ3v) is 9.12. The molecule has 0 amide bonds. The zero-order chi connectivity index (χ0) is 29.4. The van der Waals surface area contributed by atoms with Crippen molar-refractivity contribution >= 4 is 10.8 Å². The zero-order valence-electron chi connectivity index (χ0n) is 24.4. The molecule has 0 spiro atoms. The van der Waals surface area contributed by atoms with Crippen LogP contribution in [-0.2, 0) is 5.41 Å². The molecule has 4 nitrogen and oxygen atoms in total. The van der Waals surface area contributed by atoms with Gasteiger partial charge in [0.25, 0.3) is 0 Å². The first kappa shape index (κ1) is 24.9. The van der Waals surface area contributed by atoms with E-state index in [9.17, 15) is 0 Å². The second kappa shape index (κ2) is 9.19. The summed E-state index contributed by atoms with van der Waals surface area (Å²) < 4.78 is 6.36. The molecule has 208 valence electrons. The number of aromatic nitrogens is 3. The third-order valence-electron chi connectivity index (χ3n) is 9.12. The van der Waals surface area contributed by atoms with Crippen LogP contribution in [0.2, 0.25) is 0 Å². The number of benzene rings is 6. The molecule has 0 N–H and O–H groups in total. The molecule has 0 unspecified atom stereocenters. The number of nitrogens with zero attached hydrogens (tertiary/aromatic N) is 3. The lowest BCUT2D eigenvalue weighted by Crippen LogP contribution is -2.14.